The number of hydrogen-bond donors (Lipinski definition) is 2. The van der Waals surface area contributed by atoms with Crippen LogP contribution in [0.1, 0.15) is 13.8 Å². The number of aliphatic hydroxyl groups is 2. The van der Waals surface area contributed by atoms with Crippen molar-refractivity contribution in [1.29, 1.82) is 0 Å². The Kier molecular flexibility index (Phi) is 7.17. The second-order valence-electron chi connectivity index (χ2n) is 3.52. The lowest BCUT2D eigenvalue weighted by molar-refractivity contribution is -0.00678. The van der Waals surface area contributed by atoms with E-state index < -0.39 is 6.10 Å². The molecule has 0 aliphatic carbocycles. The van der Waals surface area contributed by atoms with E-state index in [2.05, 4.69) is 0 Å². The number of rotatable bonds is 7. The van der Waals surface area contributed by atoms with Gasteiger partial charge < -0.3 is 19.8 Å². The molecule has 0 aromatic carbocycles. The van der Waals surface area contributed by atoms with Crippen molar-refractivity contribution in [1.82, 2.24) is 4.90 Å². The number of nitrogens with zero attached hydrogens (tertiary/aromatic N) is 1. The molecule has 0 saturated carbocycles. The van der Waals surface area contributed by atoms with Gasteiger partial charge in [-0.15, -0.1) is 0 Å². The molecule has 0 aliphatic rings. The minimum Gasteiger partial charge on any atom is -0.395 e. The summed E-state index contributed by atoms with van der Waals surface area (Å²) in [5.74, 6) is 0. The molecule has 2 N–H and O–H groups in total. The van der Waals surface area contributed by atoms with E-state index >= 15 is 0 Å². The molecule has 0 amide bonds. The first-order chi connectivity index (χ1) is 6.06. The molecule has 0 heterocycles. The first-order valence-electron chi connectivity index (χ1n) is 4.65. The van der Waals surface area contributed by atoms with E-state index in [4.69, 9.17) is 9.84 Å². The monoisotopic (exact) mass is 191 g/mol. The molecular weight excluding hydrogens is 170 g/mol. The Morgan fingerprint density at radius 1 is 1.38 bits per heavy atom. The van der Waals surface area contributed by atoms with Gasteiger partial charge in [0.2, 0.25) is 0 Å². The standard InChI is InChI=1S/C9H21NO3/c1-8(2)13-7-9(12)6-10(3)4-5-11/h8-9,11-12H,4-7H2,1-3H3/t9-/m0/s1. The van der Waals surface area contributed by atoms with E-state index in [0.29, 0.717) is 19.7 Å². The van der Waals surface area contributed by atoms with Crippen LogP contribution in [0.4, 0.5) is 0 Å². The minimum absolute atomic E-state index is 0.119. The maximum absolute atomic E-state index is 9.45. The molecule has 0 saturated heterocycles. The zero-order valence-electron chi connectivity index (χ0n) is 8.73. The summed E-state index contributed by atoms with van der Waals surface area (Å²) in [4.78, 5) is 1.87. The van der Waals surface area contributed by atoms with Gasteiger partial charge in [0.15, 0.2) is 0 Å². The van der Waals surface area contributed by atoms with E-state index in [1.165, 1.54) is 0 Å². The summed E-state index contributed by atoms with van der Waals surface area (Å²) >= 11 is 0. The predicted octanol–water partition coefficient (Wildman–Crippen LogP) is -0.304. The molecule has 80 valence electrons. The Morgan fingerprint density at radius 2 is 2.00 bits per heavy atom. The van der Waals surface area contributed by atoms with E-state index in [1.807, 2.05) is 25.8 Å². The highest BCUT2D eigenvalue weighted by molar-refractivity contribution is 4.60. The molecule has 0 fully saturated rings. The summed E-state index contributed by atoms with van der Waals surface area (Å²) in [6, 6.07) is 0. The molecule has 0 rings (SSSR count). The van der Waals surface area contributed by atoms with Gasteiger partial charge in [-0.05, 0) is 20.9 Å². The molecule has 13 heavy (non-hydrogen) atoms. The Labute approximate surface area is 80.1 Å². The molecule has 0 bridgehead atoms. The molecule has 1 atom stereocenters. The number of hydrogen-bond acceptors (Lipinski definition) is 4. The lowest BCUT2D eigenvalue weighted by atomic mass is 10.3. The fourth-order valence-corrected chi connectivity index (χ4v) is 0.978. The second-order valence-corrected chi connectivity index (χ2v) is 3.52. The van der Waals surface area contributed by atoms with Crippen LogP contribution in [0.25, 0.3) is 0 Å². The van der Waals surface area contributed by atoms with Crippen LogP contribution in [0.3, 0.4) is 0 Å². The van der Waals surface area contributed by atoms with Crippen LogP contribution >= 0.6 is 0 Å². The third-order valence-corrected chi connectivity index (χ3v) is 1.63. The maximum Gasteiger partial charge on any atom is 0.0900 e. The molecule has 0 aromatic heterocycles. The Morgan fingerprint density at radius 3 is 2.46 bits per heavy atom. The normalized spacial score (nSPS) is 14.1. The van der Waals surface area contributed by atoms with Crippen molar-refractivity contribution < 1.29 is 14.9 Å². The summed E-state index contributed by atoms with van der Waals surface area (Å²) < 4.78 is 5.24. The highest BCUT2D eigenvalue weighted by atomic mass is 16.5. The van der Waals surface area contributed by atoms with E-state index in [-0.39, 0.29) is 12.7 Å². The summed E-state index contributed by atoms with van der Waals surface area (Å²) in [5.41, 5.74) is 0. The maximum atomic E-state index is 9.45. The van der Waals surface area contributed by atoms with Gasteiger partial charge in [0.05, 0.1) is 25.4 Å². The van der Waals surface area contributed by atoms with Crippen molar-refractivity contribution >= 4 is 0 Å². The molecule has 0 spiro atoms. The lowest BCUT2D eigenvalue weighted by Gasteiger charge is -2.20. The van der Waals surface area contributed by atoms with Gasteiger partial charge in [-0.1, -0.05) is 0 Å². The average Bonchev–Trinajstić information content (AvgIpc) is 2.01. The molecule has 0 aliphatic heterocycles. The van der Waals surface area contributed by atoms with Gasteiger partial charge in [0.25, 0.3) is 0 Å². The highest BCUT2D eigenvalue weighted by Gasteiger charge is 2.08. The molecular formula is C9H21NO3. The zero-order chi connectivity index (χ0) is 10.3. The molecule has 0 radical (unpaired) electrons. The largest absolute Gasteiger partial charge is 0.395 e. The minimum atomic E-state index is -0.473. The van der Waals surface area contributed by atoms with Gasteiger partial charge in [0.1, 0.15) is 0 Å². The molecule has 0 aromatic rings. The van der Waals surface area contributed by atoms with Gasteiger partial charge in [0, 0.05) is 13.1 Å². The first kappa shape index (κ1) is 12.8. The molecule has 0 unspecified atom stereocenters. The Bertz CT molecular complexity index is 119. The van der Waals surface area contributed by atoms with Crippen LogP contribution in [0.5, 0.6) is 0 Å². The lowest BCUT2D eigenvalue weighted by Crippen LogP contribution is -2.34. The van der Waals surface area contributed by atoms with E-state index in [0.717, 1.165) is 0 Å². The Balaban J connectivity index is 3.43. The van der Waals surface area contributed by atoms with Crippen LogP contribution < -0.4 is 0 Å². The third kappa shape index (κ3) is 8.18. The third-order valence-electron chi connectivity index (χ3n) is 1.63. The fraction of sp³-hybridized carbons (Fsp3) is 1.00. The summed E-state index contributed by atoms with van der Waals surface area (Å²) in [6.07, 6.45) is -0.322. The van der Waals surface area contributed by atoms with Crippen molar-refractivity contribution in [2.45, 2.75) is 26.1 Å². The van der Waals surface area contributed by atoms with Crippen LogP contribution in [0, 0.1) is 0 Å². The zero-order valence-corrected chi connectivity index (χ0v) is 8.73. The smallest absolute Gasteiger partial charge is 0.0900 e. The van der Waals surface area contributed by atoms with Gasteiger partial charge in [-0.2, -0.15) is 0 Å². The quantitative estimate of drug-likeness (QED) is 0.580. The van der Waals surface area contributed by atoms with E-state index in [1.54, 1.807) is 0 Å². The second kappa shape index (κ2) is 7.26. The average molecular weight is 191 g/mol. The Hall–Kier alpha value is -0.160. The van der Waals surface area contributed by atoms with Crippen molar-refractivity contribution in [3.05, 3.63) is 0 Å². The van der Waals surface area contributed by atoms with Crippen LogP contribution in [-0.2, 0) is 4.74 Å². The van der Waals surface area contributed by atoms with Gasteiger partial charge in [-0.25, -0.2) is 0 Å². The van der Waals surface area contributed by atoms with Crippen molar-refractivity contribution in [3.63, 3.8) is 0 Å². The SMILES string of the molecule is CC(C)OC[C@@H](O)CN(C)CCO. The summed E-state index contributed by atoms with van der Waals surface area (Å²) in [5, 5.41) is 18.1. The first-order valence-corrected chi connectivity index (χ1v) is 4.65. The topological polar surface area (TPSA) is 52.9 Å². The van der Waals surface area contributed by atoms with Crippen molar-refractivity contribution in [2.75, 3.05) is 33.4 Å². The summed E-state index contributed by atoms with van der Waals surface area (Å²) in [7, 11) is 1.86. The highest BCUT2D eigenvalue weighted by Crippen LogP contribution is 1.94. The predicted molar refractivity (Wildman–Crippen MR) is 51.7 cm³/mol. The van der Waals surface area contributed by atoms with Gasteiger partial charge in [-0.3, -0.25) is 0 Å². The van der Waals surface area contributed by atoms with Crippen molar-refractivity contribution in [2.24, 2.45) is 0 Å². The van der Waals surface area contributed by atoms with Crippen LogP contribution in [0.2, 0.25) is 0 Å². The number of aliphatic hydroxyl groups excluding tert-OH is 2. The van der Waals surface area contributed by atoms with Crippen LogP contribution in [-0.4, -0.2) is 60.7 Å². The number of likely N-dealkylation sites (N-methyl/N-ethyl adjacent to an activating group) is 1. The summed E-state index contributed by atoms with van der Waals surface area (Å²) in [6.45, 7) is 5.46. The van der Waals surface area contributed by atoms with E-state index in [9.17, 15) is 5.11 Å². The van der Waals surface area contributed by atoms with Crippen molar-refractivity contribution in [3.8, 4) is 0 Å². The molecule has 4 nitrogen and oxygen atoms in total. The van der Waals surface area contributed by atoms with Crippen LogP contribution in [0.15, 0.2) is 0 Å². The fourth-order valence-electron chi connectivity index (χ4n) is 0.978. The molecule has 4 heteroatoms. The number of ether oxygens (including phenoxy) is 1. The van der Waals surface area contributed by atoms with Gasteiger partial charge >= 0.3 is 0 Å².